The number of rotatable bonds is 10. The highest BCUT2D eigenvalue weighted by atomic mass is 19.2. The molecule has 6 nitrogen and oxygen atoms in total. The van der Waals surface area contributed by atoms with Crippen LogP contribution in [0.5, 0.6) is 0 Å². The predicted molar refractivity (Wildman–Crippen MR) is 178 cm³/mol. The van der Waals surface area contributed by atoms with Crippen molar-refractivity contribution in [1.82, 2.24) is 0 Å². The summed E-state index contributed by atoms with van der Waals surface area (Å²) < 4.78 is 155. The molecule has 10 atom stereocenters. The summed E-state index contributed by atoms with van der Waals surface area (Å²) in [5.74, 6) is -8.83. The van der Waals surface area contributed by atoms with E-state index >= 15 is 0 Å². The van der Waals surface area contributed by atoms with E-state index in [1.165, 1.54) is 0 Å². The van der Waals surface area contributed by atoms with E-state index in [9.17, 15) is 63.4 Å². The molecular formula is C39H52F10O6. The van der Waals surface area contributed by atoms with Crippen molar-refractivity contribution >= 4 is 17.3 Å². The van der Waals surface area contributed by atoms with Crippen molar-refractivity contribution in [3.8, 4) is 0 Å². The van der Waals surface area contributed by atoms with Gasteiger partial charge in [0, 0.05) is 23.7 Å². The number of hydrogen-bond donors (Lipinski definition) is 1. The summed E-state index contributed by atoms with van der Waals surface area (Å²) in [5.41, 5.74) is 0. The van der Waals surface area contributed by atoms with Gasteiger partial charge in [-0.1, -0.05) is 0 Å². The molecule has 1 N–H and O–H groups in total. The van der Waals surface area contributed by atoms with Gasteiger partial charge < -0.3 is 14.6 Å². The maximum atomic E-state index is 14.6. The molecule has 6 saturated carbocycles. The minimum atomic E-state index is -2.99. The smallest absolute Gasteiger partial charge is 0.168 e. The van der Waals surface area contributed by atoms with Crippen LogP contribution in [-0.2, 0) is 23.9 Å². The Bertz CT molecular complexity index is 1210. The van der Waals surface area contributed by atoms with Gasteiger partial charge in [-0.15, -0.1) is 0 Å². The average molecular weight is 807 g/mol. The highest BCUT2D eigenvalue weighted by Crippen LogP contribution is 2.44. The maximum Gasteiger partial charge on any atom is 0.168 e. The van der Waals surface area contributed by atoms with E-state index in [1.807, 2.05) is 0 Å². The van der Waals surface area contributed by atoms with E-state index in [1.54, 1.807) is 0 Å². The second kappa shape index (κ2) is 18.0. The van der Waals surface area contributed by atoms with Crippen molar-refractivity contribution in [3.05, 3.63) is 0 Å². The molecule has 0 saturated heterocycles. The lowest BCUT2D eigenvalue weighted by Crippen LogP contribution is -2.56. The van der Waals surface area contributed by atoms with Gasteiger partial charge in [0.1, 0.15) is 42.0 Å². The van der Waals surface area contributed by atoms with Crippen molar-refractivity contribution in [1.29, 1.82) is 0 Å². The molecule has 6 rings (SSSR count). The van der Waals surface area contributed by atoms with Crippen LogP contribution in [0.25, 0.3) is 0 Å². The third-order valence-corrected chi connectivity index (χ3v) is 13.5. The Morgan fingerprint density at radius 3 is 0.982 bits per heavy atom. The number of carbonyl (C=O) groups is 3. The Morgan fingerprint density at radius 2 is 0.636 bits per heavy atom. The molecule has 6 fully saturated rings. The van der Waals surface area contributed by atoms with Crippen LogP contribution in [0, 0.1) is 35.5 Å². The fourth-order valence-corrected chi connectivity index (χ4v) is 10.2. The van der Waals surface area contributed by atoms with Crippen LogP contribution in [0.15, 0.2) is 0 Å². The molecule has 0 aromatic heterocycles. The molecule has 0 aromatic carbocycles. The Hall–Kier alpha value is -1.81. The predicted octanol–water partition coefficient (Wildman–Crippen LogP) is 7.57. The molecule has 314 valence electrons. The summed E-state index contributed by atoms with van der Waals surface area (Å²) in [6.07, 6.45) is -26.2. The Balaban J connectivity index is 1.05. The van der Waals surface area contributed by atoms with Gasteiger partial charge in [-0.3, -0.25) is 14.4 Å². The van der Waals surface area contributed by atoms with Gasteiger partial charge in [0.25, 0.3) is 0 Å². The molecule has 6 aliphatic rings. The first-order chi connectivity index (χ1) is 26.1. The highest BCUT2D eigenvalue weighted by molar-refractivity contribution is 5.86. The molecule has 0 aromatic rings. The van der Waals surface area contributed by atoms with Crippen LogP contribution in [0.4, 0.5) is 43.9 Å². The molecule has 55 heavy (non-hydrogen) atoms. The number of hydrogen-bond acceptors (Lipinski definition) is 6. The molecule has 10 unspecified atom stereocenters. The molecule has 0 aliphatic heterocycles. The van der Waals surface area contributed by atoms with Gasteiger partial charge in [-0.05, 0) is 96.3 Å². The first-order valence-corrected chi connectivity index (χ1v) is 20.1. The summed E-state index contributed by atoms with van der Waals surface area (Å²) >= 11 is 0. The van der Waals surface area contributed by atoms with Crippen molar-refractivity contribution in [3.63, 3.8) is 0 Å². The number of alkyl halides is 10. The van der Waals surface area contributed by atoms with Crippen LogP contribution in [-0.4, -0.2) is 115 Å². The number of halogens is 10. The number of Topliss-reactive ketones (excluding diaryl/α,β-unsaturated/α-hetero) is 3. The molecular weight excluding hydrogens is 754 g/mol. The van der Waals surface area contributed by atoms with E-state index in [0.717, 1.165) is 0 Å². The third-order valence-electron chi connectivity index (χ3n) is 13.5. The SMILES string of the molecule is O=C(C1CCC(O)CC1)C1CC(OC2CCC(C(=O)C3C(F)C(F)C(F)C(F)C3F)CC2)CC(OC2CCC(C(=O)C3C(F)C(F)C(F)C(F)C3F)CC2)C1. The monoisotopic (exact) mass is 806 g/mol. The summed E-state index contributed by atoms with van der Waals surface area (Å²) in [7, 11) is 0. The Labute approximate surface area is 314 Å². The lowest BCUT2D eigenvalue weighted by molar-refractivity contribution is -0.152. The summed E-state index contributed by atoms with van der Waals surface area (Å²) in [4.78, 5) is 39.9. The zero-order valence-electron chi connectivity index (χ0n) is 30.5. The molecule has 0 amide bonds. The van der Waals surface area contributed by atoms with Gasteiger partial charge >= 0.3 is 0 Å². The number of ether oxygens (including phenoxy) is 2. The van der Waals surface area contributed by atoms with Gasteiger partial charge in [-0.25, -0.2) is 43.9 Å². The van der Waals surface area contributed by atoms with Gasteiger partial charge in [0.05, 0.1) is 42.4 Å². The zero-order chi connectivity index (χ0) is 39.9. The van der Waals surface area contributed by atoms with Crippen molar-refractivity contribution in [2.24, 2.45) is 35.5 Å². The minimum Gasteiger partial charge on any atom is -0.393 e. The van der Waals surface area contributed by atoms with Crippen LogP contribution in [0.3, 0.4) is 0 Å². The number of carbonyl (C=O) groups excluding carboxylic acids is 3. The average Bonchev–Trinajstić information content (AvgIpc) is 3.18. The fourth-order valence-electron chi connectivity index (χ4n) is 10.2. The lowest BCUT2D eigenvalue weighted by atomic mass is 9.72. The van der Waals surface area contributed by atoms with Crippen molar-refractivity contribution in [2.45, 2.75) is 189 Å². The van der Waals surface area contributed by atoms with E-state index in [4.69, 9.17) is 9.47 Å². The second-order valence-corrected chi connectivity index (χ2v) is 17.1. The largest absolute Gasteiger partial charge is 0.393 e. The van der Waals surface area contributed by atoms with Crippen molar-refractivity contribution in [2.75, 3.05) is 0 Å². The minimum absolute atomic E-state index is 0.0428. The van der Waals surface area contributed by atoms with E-state index < -0.39 is 133 Å². The summed E-state index contributed by atoms with van der Waals surface area (Å²) in [5, 5.41) is 9.98. The van der Waals surface area contributed by atoms with E-state index in [-0.39, 0.29) is 37.4 Å². The number of ketones is 3. The molecule has 0 radical (unpaired) electrons. The fraction of sp³-hybridized carbons (Fsp3) is 0.923. The first kappa shape index (κ1) is 42.8. The van der Waals surface area contributed by atoms with Crippen molar-refractivity contribution < 1.29 is 72.9 Å². The first-order valence-electron chi connectivity index (χ1n) is 20.1. The molecule has 0 spiro atoms. The maximum absolute atomic E-state index is 14.6. The molecule has 16 heteroatoms. The van der Waals surface area contributed by atoms with Crippen LogP contribution in [0.2, 0.25) is 0 Å². The van der Waals surface area contributed by atoms with Gasteiger partial charge in [-0.2, -0.15) is 0 Å². The van der Waals surface area contributed by atoms with E-state index in [0.29, 0.717) is 70.6 Å². The topological polar surface area (TPSA) is 89.9 Å². The Morgan fingerprint density at radius 1 is 0.345 bits per heavy atom. The highest BCUT2D eigenvalue weighted by Gasteiger charge is 2.58. The van der Waals surface area contributed by atoms with Gasteiger partial charge in [0.15, 0.2) is 37.0 Å². The molecule has 0 bridgehead atoms. The Kier molecular flexibility index (Phi) is 14.0. The second-order valence-electron chi connectivity index (χ2n) is 17.1. The normalized spacial score (nSPS) is 49.9. The number of aliphatic hydroxyl groups is 1. The summed E-state index contributed by atoms with van der Waals surface area (Å²) in [6.45, 7) is 0. The van der Waals surface area contributed by atoms with Crippen LogP contribution in [0.1, 0.15) is 96.3 Å². The van der Waals surface area contributed by atoms with Gasteiger partial charge in [0.2, 0.25) is 0 Å². The molecule has 6 aliphatic carbocycles. The lowest BCUT2D eigenvalue weighted by Gasteiger charge is -2.41. The standard InChI is InChI=1S/C39H52F10O6/c40-27-25(28(41)32(45)35(48)31(27)44)38(52)17-3-9-21(10-4-17)54-23-13-19(37(51)16-1-7-20(50)8-2-16)14-24(15-23)55-22-11-5-18(6-12-22)39(53)26-29(42)33(46)36(49)34(47)30(26)43/h16-36,50H,1-15H2. The van der Waals surface area contributed by atoms with Crippen LogP contribution < -0.4 is 0 Å². The van der Waals surface area contributed by atoms with E-state index in [2.05, 4.69) is 0 Å². The quantitative estimate of drug-likeness (QED) is 0.229. The zero-order valence-corrected chi connectivity index (χ0v) is 30.5. The van der Waals surface area contributed by atoms with Crippen LogP contribution >= 0.6 is 0 Å². The summed E-state index contributed by atoms with van der Waals surface area (Å²) in [6, 6.07) is 0. The molecule has 0 heterocycles. The third kappa shape index (κ3) is 9.10. The number of aliphatic hydroxyl groups excluding tert-OH is 1.